The lowest BCUT2D eigenvalue weighted by Crippen LogP contribution is -2.46. The van der Waals surface area contributed by atoms with Crippen LogP contribution in [0.5, 0.6) is 5.75 Å². The molecule has 1 amide bonds. The normalized spacial score (nSPS) is 19.0. The number of nitrogens with zero attached hydrogens (tertiary/aromatic N) is 1. The van der Waals surface area contributed by atoms with Gasteiger partial charge in [-0.2, -0.15) is 0 Å². The third-order valence-corrected chi connectivity index (χ3v) is 3.61. The predicted molar refractivity (Wildman–Crippen MR) is 87.9 cm³/mol. The zero-order chi connectivity index (χ0) is 16.3. The molecule has 0 aliphatic carbocycles. The van der Waals surface area contributed by atoms with Gasteiger partial charge in [-0.3, -0.25) is 0 Å². The van der Waals surface area contributed by atoms with Crippen molar-refractivity contribution < 1.29 is 14.3 Å². The topological polar surface area (TPSA) is 38.8 Å². The number of ether oxygens (including phenoxy) is 2. The first-order valence-corrected chi connectivity index (χ1v) is 8.09. The van der Waals surface area contributed by atoms with Gasteiger partial charge in [0.2, 0.25) is 0 Å². The standard InChI is InChI=1S/C16H21Cl2NO3/c1-16(2,3)22-15(20)19-6-4-5-13(10-19)21-14-8-11(17)7-12(18)9-14/h7-9,13H,4-6,10H2,1-3H3. The van der Waals surface area contributed by atoms with Gasteiger partial charge in [-0.25, -0.2) is 4.79 Å². The molecule has 1 atom stereocenters. The van der Waals surface area contributed by atoms with Gasteiger partial charge < -0.3 is 14.4 Å². The molecular weight excluding hydrogens is 325 g/mol. The lowest BCUT2D eigenvalue weighted by molar-refractivity contribution is 0.00776. The van der Waals surface area contributed by atoms with Crippen molar-refractivity contribution in [3.8, 4) is 5.75 Å². The Bertz CT molecular complexity index is 522. The van der Waals surface area contributed by atoms with Gasteiger partial charge in [-0.1, -0.05) is 23.2 Å². The molecule has 0 radical (unpaired) electrons. The summed E-state index contributed by atoms with van der Waals surface area (Å²) in [4.78, 5) is 13.8. The fraction of sp³-hybridized carbons (Fsp3) is 0.562. The molecule has 4 nitrogen and oxygen atoms in total. The van der Waals surface area contributed by atoms with Crippen LogP contribution in [0.2, 0.25) is 10.0 Å². The van der Waals surface area contributed by atoms with E-state index in [2.05, 4.69) is 0 Å². The Morgan fingerprint density at radius 2 is 1.86 bits per heavy atom. The predicted octanol–water partition coefficient (Wildman–Crippen LogP) is 4.77. The van der Waals surface area contributed by atoms with Crippen LogP contribution in [0.3, 0.4) is 0 Å². The maximum absolute atomic E-state index is 12.1. The Balaban J connectivity index is 1.97. The van der Waals surface area contributed by atoms with E-state index in [-0.39, 0.29) is 12.2 Å². The molecule has 1 aliphatic heterocycles. The lowest BCUT2D eigenvalue weighted by atomic mass is 10.1. The van der Waals surface area contributed by atoms with E-state index in [0.717, 1.165) is 12.8 Å². The summed E-state index contributed by atoms with van der Waals surface area (Å²) in [5.41, 5.74) is -0.495. The molecule has 1 aromatic carbocycles. The second-order valence-electron chi connectivity index (χ2n) is 6.41. The first-order valence-electron chi connectivity index (χ1n) is 7.33. The maximum atomic E-state index is 12.1. The van der Waals surface area contributed by atoms with Gasteiger partial charge in [-0.15, -0.1) is 0 Å². The smallest absolute Gasteiger partial charge is 0.410 e. The molecule has 0 spiro atoms. The van der Waals surface area contributed by atoms with Crippen LogP contribution in [0.4, 0.5) is 4.79 Å². The molecule has 0 aromatic heterocycles. The van der Waals surface area contributed by atoms with E-state index in [1.54, 1.807) is 23.1 Å². The molecule has 1 fully saturated rings. The van der Waals surface area contributed by atoms with Gasteiger partial charge in [0.15, 0.2) is 0 Å². The summed E-state index contributed by atoms with van der Waals surface area (Å²) in [6.07, 6.45) is 1.36. The summed E-state index contributed by atoms with van der Waals surface area (Å²) in [6.45, 7) is 6.76. The zero-order valence-corrected chi connectivity index (χ0v) is 14.6. The number of benzene rings is 1. The number of rotatable bonds is 2. The summed E-state index contributed by atoms with van der Waals surface area (Å²) in [7, 11) is 0. The Kier molecular flexibility index (Phi) is 5.45. The summed E-state index contributed by atoms with van der Waals surface area (Å²) in [5.74, 6) is 0.619. The average Bonchev–Trinajstić information content (AvgIpc) is 2.35. The highest BCUT2D eigenvalue weighted by Crippen LogP contribution is 2.26. The van der Waals surface area contributed by atoms with Crippen molar-refractivity contribution in [1.82, 2.24) is 4.90 Å². The first kappa shape index (κ1) is 17.2. The number of hydrogen-bond acceptors (Lipinski definition) is 3. The molecule has 2 rings (SSSR count). The van der Waals surface area contributed by atoms with Crippen molar-refractivity contribution in [3.05, 3.63) is 28.2 Å². The minimum Gasteiger partial charge on any atom is -0.488 e. The van der Waals surface area contributed by atoms with Crippen molar-refractivity contribution in [2.45, 2.75) is 45.3 Å². The van der Waals surface area contributed by atoms with E-state index < -0.39 is 5.60 Å². The van der Waals surface area contributed by atoms with Crippen molar-refractivity contribution in [1.29, 1.82) is 0 Å². The monoisotopic (exact) mass is 345 g/mol. The molecular formula is C16H21Cl2NO3. The van der Waals surface area contributed by atoms with Gasteiger partial charge in [0.25, 0.3) is 0 Å². The van der Waals surface area contributed by atoms with Crippen LogP contribution in [0.1, 0.15) is 33.6 Å². The molecule has 6 heteroatoms. The van der Waals surface area contributed by atoms with Crippen molar-refractivity contribution in [3.63, 3.8) is 0 Å². The van der Waals surface area contributed by atoms with Crippen LogP contribution in [0.15, 0.2) is 18.2 Å². The number of hydrogen-bond donors (Lipinski definition) is 0. The molecule has 1 unspecified atom stereocenters. The fourth-order valence-corrected chi connectivity index (χ4v) is 2.82. The van der Waals surface area contributed by atoms with Crippen LogP contribution < -0.4 is 4.74 Å². The number of halogens is 2. The van der Waals surface area contributed by atoms with Gasteiger partial charge in [-0.05, 0) is 51.8 Å². The highest BCUT2D eigenvalue weighted by molar-refractivity contribution is 6.34. The fourth-order valence-electron chi connectivity index (χ4n) is 2.32. The molecule has 0 bridgehead atoms. The molecule has 1 aliphatic rings. The van der Waals surface area contributed by atoms with Gasteiger partial charge in [0, 0.05) is 16.6 Å². The third kappa shape index (κ3) is 5.25. The SMILES string of the molecule is CC(C)(C)OC(=O)N1CCCC(Oc2cc(Cl)cc(Cl)c2)C1. The number of carbonyl (C=O) groups excluding carboxylic acids is 1. The molecule has 0 saturated carbocycles. The zero-order valence-electron chi connectivity index (χ0n) is 13.1. The van der Waals surface area contributed by atoms with Crippen LogP contribution >= 0.6 is 23.2 Å². The number of likely N-dealkylation sites (tertiary alicyclic amines) is 1. The first-order chi connectivity index (χ1) is 10.2. The second kappa shape index (κ2) is 6.97. The Morgan fingerprint density at radius 3 is 2.45 bits per heavy atom. The van der Waals surface area contributed by atoms with E-state index in [1.165, 1.54) is 0 Å². The van der Waals surface area contributed by atoms with E-state index in [4.69, 9.17) is 32.7 Å². The molecule has 1 heterocycles. The summed E-state index contributed by atoms with van der Waals surface area (Å²) < 4.78 is 11.3. The van der Waals surface area contributed by atoms with Crippen LogP contribution in [0, 0.1) is 0 Å². The number of piperidine rings is 1. The second-order valence-corrected chi connectivity index (χ2v) is 7.29. The van der Waals surface area contributed by atoms with E-state index in [0.29, 0.717) is 28.9 Å². The van der Waals surface area contributed by atoms with Crippen molar-refractivity contribution in [2.24, 2.45) is 0 Å². The van der Waals surface area contributed by atoms with Crippen molar-refractivity contribution in [2.75, 3.05) is 13.1 Å². The number of amides is 1. The minimum absolute atomic E-state index is 0.0872. The Morgan fingerprint density at radius 1 is 1.23 bits per heavy atom. The van der Waals surface area contributed by atoms with Crippen LogP contribution in [-0.4, -0.2) is 35.8 Å². The largest absolute Gasteiger partial charge is 0.488 e. The van der Waals surface area contributed by atoms with Crippen LogP contribution in [-0.2, 0) is 4.74 Å². The quantitative estimate of drug-likeness (QED) is 0.774. The van der Waals surface area contributed by atoms with Gasteiger partial charge in [0.1, 0.15) is 17.5 Å². The molecule has 122 valence electrons. The van der Waals surface area contributed by atoms with E-state index in [9.17, 15) is 4.79 Å². The minimum atomic E-state index is -0.495. The lowest BCUT2D eigenvalue weighted by Gasteiger charge is -2.34. The van der Waals surface area contributed by atoms with Gasteiger partial charge in [0.05, 0.1) is 6.54 Å². The molecule has 0 N–H and O–H groups in total. The average molecular weight is 346 g/mol. The molecule has 22 heavy (non-hydrogen) atoms. The highest BCUT2D eigenvalue weighted by Gasteiger charge is 2.28. The molecule has 1 saturated heterocycles. The highest BCUT2D eigenvalue weighted by atomic mass is 35.5. The third-order valence-electron chi connectivity index (χ3n) is 3.17. The summed E-state index contributed by atoms with van der Waals surface area (Å²) >= 11 is 11.9. The van der Waals surface area contributed by atoms with E-state index >= 15 is 0 Å². The summed E-state index contributed by atoms with van der Waals surface area (Å²) in [5, 5.41) is 1.06. The molecule has 1 aromatic rings. The van der Waals surface area contributed by atoms with Crippen LogP contribution in [0.25, 0.3) is 0 Å². The van der Waals surface area contributed by atoms with Gasteiger partial charge >= 0.3 is 6.09 Å². The van der Waals surface area contributed by atoms with E-state index in [1.807, 2.05) is 20.8 Å². The Labute approximate surface area is 141 Å². The maximum Gasteiger partial charge on any atom is 0.410 e. The number of carbonyl (C=O) groups is 1. The summed E-state index contributed by atoms with van der Waals surface area (Å²) in [6, 6.07) is 5.10. The Hall–Kier alpha value is -1.13. The van der Waals surface area contributed by atoms with Crippen molar-refractivity contribution >= 4 is 29.3 Å².